The topological polar surface area (TPSA) is 66.5 Å². The molecule has 0 atom stereocenters. The fourth-order valence-corrected chi connectivity index (χ4v) is 2.08. The fraction of sp³-hybridized carbons (Fsp3) is 0.0625. The first-order valence-electron chi connectivity index (χ1n) is 6.55. The summed E-state index contributed by atoms with van der Waals surface area (Å²) < 4.78 is 1.83. The molecule has 102 valence electrons. The molecule has 0 radical (unpaired) electrons. The Hall–Kier alpha value is -3.13. The van der Waals surface area contributed by atoms with Gasteiger partial charge in [-0.3, -0.25) is 0 Å². The van der Waals surface area contributed by atoms with Crippen LogP contribution in [0.1, 0.15) is 11.1 Å². The van der Waals surface area contributed by atoms with Crippen LogP contribution < -0.4 is 5.32 Å². The number of pyridine rings is 1. The predicted molar refractivity (Wildman–Crippen MR) is 79.8 cm³/mol. The monoisotopic (exact) mass is 275 g/mol. The fourth-order valence-electron chi connectivity index (χ4n) is 2.08. The number of anilines is 1. The van der Waals surface area contributed by atoms with Crippen LogP contribution in [-0.2, 0) is 6.54 Å². The van der Waals surface area contributed by atoms with Crippen molar-refractivity contribution in [2.45, 2.75) is 6.54 Å². The molecule has 0 saturated carbocycles. The van der Waals surface area contributed by atoms with Crippen molar-refractivity contribution in [1.82, 2.24) is 14.8 Å². The van der Waals surface area contributed by atoms with E-state index in [4.69, 9.17) is 5.26 Å². The summed E-state index contributed by atoms with van der Waals surface area (Å²) in [6.07, 6.45) is 5.29. The molecule has 0 unspecified atom stereocenters. The number of hydrogen-bond acceptors (Lipinski definition) is 4. The number of nitrogens with zero attached hydrogens (tertiary/aromatic N) is 4. The average molecular weight is 275 g/mol. The first-order chi connectivity index (χ1) is 10.4. The summed E-state index contributed by atoms with van der Waals surface area (Å²) in [7, 11) is 0. The molecule has 0 aliphatic carbocycles. The minimum Gasteiger partial charge on any atom is -0.366 e. The normalized spacial score (nSPS) is 10.0. The van der Waals surface area contributed by atoms with E-state index in [-0.39, 0.29) is 0 Å². The summed E-state index contributed by atoms with van der Waals surface area (Å²) in [5.41, 5.74) is 2.71. The van der Waals surface area contributed by atoms with E-state index < -0.39 is 0 Å². The smallest absolute Gasteiger partial charge is 0.127 e. The molecule has 0 fully saturated rings. The third-order valence-corrected chi connectivity index (χ3v) is 3.09. The maximum Gasteiger partial charge on any atom is 0.127 e. The molecule has 5 nitrogen and oxygen atoms in total. The van der Waals surface area contributed by atoms with Crippen molar-refractivity contribution in [2.75, 3.05) is 5.32 Å². The first kappa shape index (κ1) is 12.9. The van der Waals surface area contributed by atoms with Crippen molar-refractivity contribution >= 4 is 5.82 Å². The molecule has 0 aliphatic rings. The van der Waals surface area contributed by atoms with Crippen molar-refractivity contribution < 1.29 is 0 Å². The summed E-state index contributed by atoms with van der Waals surface area (Å²) in [5, 5.41) is 16.4. The van der Waals surface area contributed by atoms with Crippen LogP contribution in [0, 0.1) is 11.3 Å². The third-order valence-electron chi connectivity index (χ3n) is 3.09. The molecule has 1 aromatic carbocycles. The van der Waals surface area contributed by atoms with Gasteiger partial charge in [-0.2, -0.15) is 10.4 Å². The molecule has 0 amide bonds. The van der Waals surface area contributed by atoms with Crippen molar-refractivity contribution in [3.63, 3.8) is 0 Å². The Bertz CT molecular complexity index is 771. The first-order valence-corrected chi connectivity index (χ1v) is 6.55. The minimum atomic E-state index is 0.591. The number of aromatic nitrogens is 3. The molecular formula is C16H13N5. The van der Waals surface area contributed by atoms with Crippen molar-refractivity contribution in [3.8, 4) is 11.8 Å². The lowest BCUT2D eigenvalue weighted by Gasteiger charge is -2.11. The molecule has 0 saturated heterocycles. The largest absolute Gasteiger partial charge is 0.366 e. The summed E-state index contributed by atoms with van der Waals surface area (Å²) >= 11 is 0. The molecule has 0 bridgehead atoms. The van der Waals surface area contributed by atoms with Gasteiger partial charge < -0.3 is 5.32 Å². The van der Waals surface area contributed by atoms with Crippen LogP contribution in [-0.4, -0.2) is 14.8 Å². The van der Waals surface area contributed by atoms with Gasteiger partial charge in [0.05, 0.1) is 17.3 Å². The van der Waals surface area contributed by atoms with E-state index in [0.717, 1.165) is 11.3 Å². The highest BCUT2D eigenvalue weighted by Gasteiger charge is 2.04. The average Bonchev–Trinajstić information content (AvgIpc) is 3.08. The van der Waals surface area contributed by atoms with Crippen LogP contribution in [0.25, 0.3) is 5.69 Å². The highest BCUT2D eigenvalue weighted by atomic mass is 15.3. The zero-order valence-corrected chi connectivity index (χ0v) is 11.3. The molecular weight excluding hydrogens is 262 g/mol. The lowest BCUT2D eigenvalue weighted by Crippen LogP contribution is -2.06. The summed E-state index contributed by atoms with van der Waals surface area (Å²) in [6.45, 7) is 0.609. The second kappa shape index (κ2) is 5.88. The van der Waals surface area contributed by atoms with Crippen LogP contribution in [0.15, 0.2) is 61.1 Å². The van der Waals surface area contributed by atoms with Gasteiger partial charge in [-0.15, -0.1) is 0 Å². The van der Waals surface area contributed by atoms with Crippen LogP contribution >= 0.6 is 0 Å². The van der Waals surface area contributed by atoms with Crippen LogP contribution in [0.3, 0.4) is 0 Å². The summed E-state index contributed by atoms with van der Waals surface area (Å²) in [6, 6.07) is 15.4. The van der Waals surface area contributed by atoms with Gasteiger partial charge in [0.25, 0.3) is 0 Å². The lowest BCUT2D eigenvalue weighted by molar-refractivity contribution is 0.863. The number of nitriles is 1. The number of benzene rings is 1. The molecule has 5 heteroatoms. The minimum absolute atomic E-state index is 0.591. The second-order valence-electron chi connectivity index (χ2n) is 4.47. The molecule has 2 aromatic heterocycles. The van der Waals surface area contributed by atoms with E-state index >= 15 is 0 Å². The zero-order chi connectivity index (χ0) is 14.5. The van der Waals surface area contributed by atoms with Crippen molar-refractivity contribution in [2.24, 2.45) is 0 Å². The van der Waals surface area contributed by atoms with Gasteiger partial charge in [0.1, 0.15) is 5.82 Å². The van der Waals surface area contributed by atoms with Crippen LogP contribution in [0.2, 0.25) is 0 Å². The van der Waals surface area contributed by atoms with Gasteiger partial charge in [-0.25, -0.2) is 9.67 Å². The van der Waals surface area contributed by atoms with Gasteiger partial charge >= 0.3 is 0 Å². The highest BCUT2D eigenvalue weighted by Crippen LogP contribution is 2.15. The Morgan fingerprint density at radius 1 is 1.14 bits per heavy atom. The van der Waals surface area contributed by atoms with E-state index in [0.29, 0.717) is 17.9 Å². The molecule has 2 heterocycles. The number of para-hydroxylation sites is 1. The van der Waals surface area contributed by atoms with Gasteiger partial charge in [-0.05, 0) is 29.8 Å². The predicted octanol–water partition coefficient (Wildman–Crippen LogP) is 2.75. The maximum absolute atomic E-state index is 8.90. The Morgan fingerprint density at radius 2 is 2.05 bits per heavy atom. The van der Waals surface area contributed by atoms with Crippen LogP contribution in [0.4, 0.5) is 5.82 Å². The quantitative estimate of drug-likeness (QED) is 0.795. The number of rotatable bonds is 4. The summed E-state index contributed by atoms with van der Waals surface area (Å²) in [4.78, 5) is 4.21. The SMILES string of the molecule is N#Cc1ccnc(NCc2ccccc2-n2cccn2)c1. The van der Waals surface area contributed by atoms with E-state index in [2.05, 4.69) is 21.5 Å². The van der Waals surface area contributed by atoms with Gasteiger partial charge in [0, 0.05) is 25.1 Å². The van der Waals surface area contributed by atoms with Crippen molar-refractivity contribution in [1.29, 1.82) is 5.26 Å². The van der Waals surface area contributed by atoms with Gasteiger partial charge in [0.2, 0.25) is 0 Å². The molecule has 3 rings (SSSR count). The molecule has 0 spiro atoms. The molecule has 1 N–H and O–H groups in total. The third kappa shape index (κ3) is 2.90. The van der Waals surface area contributed by atoms with Crippen LogP contribution in [0.5, 0.6) is 0 Å². The van der Waals surface area contributed by atoms with E-state index in [1.165, 1.54) is 0 Å². The Balaban J connectivity index is 1.81. The van der Waals surface area contributed by atoms with E-state index in [1.54, 1.807) is 24.5 Å². The Labute approximate surface area is 122 Å². The van der Waals surface area contributed by atoms with Crippen molar-refractivity contribution in [3.05, 3.63) is 72.2 Å². The van der Waals surface area contributed by atoms with Gasteiger partial charge in [0.15, 0.2) is 0 Å². The molecule has 21 heavy (non-hydrogen) atoms. The maximum atomic E-state index is 8.90. The number of nitrogens with one attached hydrogen (secondary N) is 1. The van der Waals surface area contributed by atoms with E-state index in [1.807, 2.05) is 41.2 Å². The zero-order valence-electron chi connectivity index (χ0n) is 11.3. The Kier molecular flexibility index (Phi) is 3.61. The second-order valence-corrected chi connectivity index (χ2v) is 4.47. The molecule has 0 aliphatic heterocycles. The summed E-state index contributed by atoms with van der Waals surface area (Å²) in [5.74, 6) is 0.685. The standard InChI is InChI=1S/C16H13N5/c17-11-13-6-8-18-16(10-13)19-12-14-4-1-2-5-15(14)21-9-3-7-20-21/h1-10H,12H2,(H,18,19). The lowest BCUT2D eigenvalue weighted by atomic mass is 10.1. The highest BCUT2D eigenvalue weighted by molar-refractivity contribution is 5.46. The van der Waals surface area contributed by atoms with E-state index in [9.17, 15) is 0 Å². The Morgan fingerprint density at radius 3 is 2.86 bits per heavy atom. The number of hydrogen-bond donors (Lipinski definition) is 1. The molecule has 3 aromatic rings. The van der Waals surface area contributed by atoms with Gasteiger partial charge in [-0.1, -0.05) is 18.2 Å².